The standard InChI is InChI=1S/C23H18NO.C22H17N2O.3C21H18N/c1-15-11-12-19-18-9-5-6-10-21(18)25-23(19)22(15)20-13-16-7-3-4-8-17(16)14-24(20)2;1-14-9-10-17-18-8-5-11-23-22(18)25-21(17)20(14)19-12-15-6-3-4-7-16(15)13-24(19)2;1-15-19-10-6-5-7-16(19)11-12-20(15)21-13-17-8-3-4-9-18(17)14-22(21)2;1-15-11-12-16-7-5-6-10-19(16)21(15)20-13-17-8-3-4-9-18(17)14-22(20)2;1-15-11-16-7-3-4-8-17(16)12-20(15)21-13-18-9-5-6-10-19(18)14-22(21)2/h3-14H,1-2H3;3-13H,1-2H3;3*3-14H,1-2H3/q5*+1. The first-order valence-electron chi connectivity index (χ1n) is 39.7. The zero-order valence-corrected chi connectivity index (χ0v) is 67.1. The fourth-order valence-electron chi connectivity index (χ4n) is 17.1. The van der Waals surface area contributed by atoms with Crippen molar-refractivity contribution in [1.82, 2.24) is 4.98 Å². The van der Waals surface area contributed by atoms with E-state index in [-0.39, 0.29) is 0 Å². The van der Waals surface area contributed by atoms with E-state index in [2.05, 4.69) is 432 Å². The lowest BCUT2D eigenvalue weighted by Gasteiger charge is -2.10. The predicted octanol–water partition coefficient (Wildman–Crippen LogP) is 24.9. The van der Waals surface area contributed by atoms with Gasteiger partial charge in [0.25, 0.3) is 0 Å². The molecule has 0 N–H and O–H groups in total. The molecule has 0 saturated carbocycles. The summed E-state index contributed by atoms with van der Waals surface area (Å²) in [7, 11) is 10.6. The van der Waals surface area contributed by atoms with E-state index >= 15 is 0 Å². The number of nitrogens with zero attached hydrogens (tertiary/aromatic N) is 6. The van der Waals surface area contributed by atoms with Gasteiger partial charge in [0.15, 0.2) is 36.6 Å². The van der Waals surface area contributed by atoms with Crippen molar-refractivity contribution in [2.45, 2.75) is 34.6 Å². The topological polar surface area (TPSA) is 58.6 Å². The molecule has 0 atom stereocenters. The van der Waals surface area contributed by atoms with Crippen molar-refractivity contribution >= 4 is 130 Å². The Labute approximate surface area is 675 Å². The van der Waals surface area contributed by atoms with Crippen molar-refractivity contribution in [3.63, 3.8) is 0 Å². The number of pyridine rings is 6. The normalized spacial score (nSPS) is 11.4. The average Bonchev–Trinajstić information content (AvgIpc) is 1.58. The Morgan fingerprint density at radius 1 is 0.224 bits per heavy atom. The van der Waals surface area contributed by atoms with E-state index in [1.807, 2.05) is 18.2 Å². The second-order valence-corrected chi connectivity index (χ2v) is 30.8. The molecule has 0 aliphatic heterocycles. The van der Waals surface area contributed by atoms with E-state index in [9.17, 15) is 0 Å². The van der Waals surface area contributed by atoms with Crippen molar-refractivity contribution < 1.29 is 31.7 Å². The van der Waals surface area contributed by atoms with Gasteiger partial charge in [0.2, 0.25) is 34.2 Å². The van der Waals surface area contributed by atoms with Crippen LogP contribution in [0.2, 0.25) is 0 Å². The molecule has 0 radical (unpaired) electrons. The first-order valence-corrected chi connectivity index (χ1v) is 39.7. The molecular weight excluding hydrogens is 1410 g/mol. The fourth-order valence-corrected chi connectivity index (χ4v) is 17.1. The highest BCUT2D eigenvalue weighted by atomic mass is 16.3. The van der Waals surface area contributed by atoms with Crippen LogP contribution in [0, 0.1) is 34.6 Å². The summed E-state index contributed by atoms with van der Waals surface area (Å²) < 4.78 is 23.5. The monoisotopic (exact) mass is 1500 g/mol. The van der Waals surface area contributed by atoms with Crippen molar-refractivity contribution in [3.05, 3.63) is 387 Å². The molecule has 116 heavy (non-hydrogen) atoms. The van der Waals surface area contributed by atoms with Crippen LogP contribution >= 0.6 is 0 Å². The Balaban J connectivity index is 0.000000100. The van der Waals surface area contributed by atoms with Gasteiger partial charge >= 0.3 is 0 Å². The number of rotatable bonds is 5. The van der Waals surface area contributed by atoms with E-state index in [0.29, 0.717) is 5.71 Å². The smallest absolute Gasteiger partial charge is 0.227 e. The number of aromatic nitrogens is 6. The van der Waals surface area contributed by atoms with Crippen LogP contribution in [-0.4, -0.2) is 4.98 Å². The minimum absolute atomic E-state index is 0.688. The molecule has 8 aromatic heterocycles. The Kier molecular flexibility index (Phi) is 19.5. The maximum atomic E-state index is 6.27. The van der Waals surface area contributed by atoms with Crippen LogP contribution in [0.1, 0.15) is 27.8 Å². The van der Waals surface area contributed by atoms with Crippen molar-refractivity contribution in [1.29, 1.82) is 0 Å². The van der Waals surface area contributed by atoms with Gasteiger partial charge < -0.3 is 8.83 Å². The Morgan fingerprint density at radius 2 is 0.552 bits per heavy atom. The molecule has 0 unspecified atom stereocenters. The molecule has 0 aliphatic carbocycles. The highest BCUT2D eigenvalue weighted by Crippen LogP contribution is 2.41. The summed E-state index contributed by atoms with van der Waals surface area (Å²) in [6.45, 7) is 10.9. The van der Waals surface area contributed by atoms with Crippen LogP contribution in [0.5, 0.6) is 0 Å². The molecule has 558 valence electrons. The van der Waals surface area contributed by atoms with Gasteiger partial charge in [0.1, 0.15) is 46.4 Å². The zero-order chi connectivity index (χ0) is 79.2. The van der Waals surface area contributed by atoms with Crippen LogP contribution < -0.4 is 22.8 Å². The summed E-state index contributed by atoms with van der Waals surface area (Å²) in [4.78, 5) is 4.38. The molecular formula is C108H89N6O2+5. The number of hydrogen-bond acceptors (Lipinski definition) is 3. The van der Waals surface area contributed by atoms with E-state index in [1.165, 1.54) is 170 Å². The van der Waals surface area contributed by atoms with Gasteiger partial charge in [0, 0.05) is 96.1 Å². The van der Waals surface area contributed by atoms with Crippen LogP contribution in [-0.2, 0) is 35.2 Å². The lowest BCUT2D eigenvalue weighted by Crippen LogP contribution is -2.30. The minimum atomic E-state index is 0.688. The van der Waals surface area contributed by atoms with Gasteiger partial charge in [-0.2, -0.15) is 0 Å². The zero-order valence-electron chi connectivity index (χ0n) is 67.1. The highest BCUT2D eigenvalue weighted by molar-refractivity contribution is 6.11. The average molecular weight is 1500 g/mol. The first kappa shape index (κ1) is 73.2. The Morgan fingerprint density at radius 3 is 1.04 bits per heavy atom. The quantitative estimate of drug-likeness (QED) is 0.161. The molecule has 22 rings (SSSR count). The number of benzene rings is 14. The van der Waals surface area contributed by atoms with Crippen molar-refractivity contribution in [3.8, 4) is 56.3 Å². The maximum Gasteiger partial charge on any atom is 0.227 e. The summed E-state index contributed by atoms with van der Waals surface area (Å²) in [6.07, 6.45) is 12.8. The fraction of sp³-hybridized carbons (Fsp3) is 0.0926. The van der Waals surface area contributed by atoms with Gasteiger partial charge in [-0.05, 0) is 182 Å². The lowest BCUT2D eigenvalue weighted by molar-refractivity contribution is -0.659. The SMILES string of the molecule is Cc1c(-c2cc3ccccc3c[n+]2C)ccc2ccccc12.Cc1cc2ccccc2cc1-c1cc2ccccc2c[n+]1C.Cc1ccc2c(oc3ccccc32)c1-c1cc2ccccc2c[n+]1C.Cc1ccc2c(oc3ncccc32)c1-c1cc2ccccc2c[n+]1C.Cc1ccc2ccccc2c1-c1cc2ccccc2c[n+]1C. The molecule has 8 nitrogen and oxygen atoms in total. The third kappa shape index (κ3) is 14.0. The van der Waals surface area contributed by atoms with E-state index < -0.39 is 0 Å². The summed E-state index contributed by atoms with van der Waals surface area (Å²) in [5.41, 5.74) is 22.1. The van der Waals surface area contributed by atoms with Gasteiger partial charge in [-0.15, -0.1) is 0 Å². The van der Waals surface area contributed by atoms with Gasteiger partial charge in [-0.3, -0.25) is 0 Å². The third-order valence-electron chi connectivity index (χ3n) is 23.1. The number of fused-ring (bicyclic) bond motifs is 14. The number of aryl methyl sites for hydroxylation is 10. The molecule has 22 aromatic rings. The third-order valence-corrected chi connectivity index (χ3v) is 23.1. The van der Waals surface area contributed by atoms with Crippen LogP contribution in [0.3, 0.4) is 0 Å². The molecule has 0 fully saturated rings. The molecule has 0 bridgehead atoms. The number of hydrogen-bond donors (Lipinski definition) is 0. The first-order chi connectivity index (χ1) is 56.6. The summed E-state index contributed by atoms with van der Waals surface area (Å²) in [5, 5.41) is 24.9. The second kappa shape index (κ2) is 31.0. The van der Waals surface area contributed by atoms with Crippen molar-refractivity contribution in [2.24, 2.45) is 35.2 Å². The Bertz CT molecular complexity index is 7200. The highest BCUT2D eigenvalue weighted by Gasteiger charge is 2.25. The minimum Gasteiger partial charge on any atom is -0.455 e. The predicted molar refractivity (Wildman–Crippen MR) is 481 cm³/mol. The molecule has 8 heterocycles. The maximum absolute atomic E-state index is 6.27. The largest absolute Gasteiger partial charge is 0.455 e. The van der Waals surface area contributed by atoms with Gasteiger partial charge in [0.05, 0.1) is 16.7 Å². The molecule has 0 spiro atoms. The Hall–Kier alpha value is -14.3. The molecule has 0 amide bonds. The van der Waals surface area contributed by atoms with Crippen LogP contribution in [0.25, 0.3) is 186 Å². The summed E-state index contributed by atoms with van der Waals surface area (Å²) in [6, 6.07) is 114. The number of furan rings is 2. The molecule has 0 saturated heterocycles. The van der Waals surface area contributed by atoms with E-state index in [0.717, 1.165) is 38.8 Å². The second-order valence-electron chi connectivity index (χ2n) is 30.8. The van der Waals surface area contributed by atoms with E-state index in [4.69, 9.17) is 8.83 Å². The van der Waals surface area contributed by atoms with Crippen LogP contribution in [0.15, 0.2) is 368 Å². The molecule has 8 heteroatoms. The molecule has 14 aromatic carbocycles. The lowest BCUT2D eigenvalue weighted by atomic mass is 9.96. The van der Waals surface area contributed by atoms with Crippen molar-refractivity contribution in [2.75, 3.05) is 0 Å². The number of para-hydroxylation sites is 1. The van der Waals surface area contributed by atoms with Crippen LogP contribution in [0.4, 0.5) is 0 Å². The van der Waals surface area contributed by atoms with E-state index in [1.54, 1.807) is 6.20 Å². The van der Waals surface area contributed by atoms with Gasteiger partial charge in [-0.1, -0.05) is 231 Å². The summed E-state index contributed by atoms with van der Waals surface area (Å²) >= 11 is 0. The van der Waals surface area contributed by atoms with Gasteiger partial charge in [-0.25, -0.2) is 27.8 Å². The molecule has 0 aliphatic rings. The summed E-state index contributed by atoms with van der Waals surface area (Å²) in [5.74, 6) is 0.